The van der Waals surface area contributed by atoms with E-state index in [1.54, 1.807) is 24.3 Å². The van der Waals surface area contributed by atoms with Gasteiger partial charge >= 0.3 is 5.97 Å². The third kappa shape index (κ3) is 2.36. The topological polar surface area (TPSA) is 75.1 Å². The number of carbonyl (C=O) groups excluding carboxylic acids is 1. The van der Waals surface area contributed by atoms with Crippen molar-refractivity contribution in [3.8, 4) is 0 Å². The zero-order chi connectivity index (χ0) is 11.3. The predicted octanol–water partition coefficient (Wildman–Crippen LogP) is 2.81. The van der Waals surface area contributed by atoms with E-state index in [1.807, 2.05) is 0 Å². The molecule has 0 spiro atoms. The van der Waals surface area contributed by atoms with Crippen molar-refractivity contribution in [1.29, 1.82) is 0 Å². The SMILES string of the molecule is C=C(C(=O)OC)c1ccccc1N=[N+]=[N-]. The van der Waals surface area contributed by atoms with Crippen molar-refractivity contribution in [2.45, 2.75) is 0 Å². The second-order valence-electron chi connectivity index (χ2n) is 2.68. The van der Waals surface area contributed by atoms with E-state index in [9.17, 15) is 4.79 Å². The summed E-state index contributed by atoms with van der Waals surface area (Å²) in [6.45, 7) is 3.58. The monoisotopic (exact) mass is 203 g/mol. The van der Waals surface area contributed by atoms with Crippen molar-refractivity contribution >= 4 is 17.2 Å². The maximum absolute atomic E-state index is 11.2. The molecule has 0 fully saturated rings. The van der Waals surface area contributed by atoms with E-state index in [1.165, 1.54) is 7.11 Å². The van der Waals surface area contributed by atoms with Gasteiger partial charge in [0.15, 0.2) is 0 Å². The first-order chi connectivity index (χ1) is 7.20. The molecule has 1 aromatic rings. The molecule has 0 aliphatic heterocycles. The summed E-state index contributed by atoms with van der Waals surface area (Å²) in [5.74, 6) is -0.546. The number of methoxy groups -OCH3 is 1. The number of azide groups is 1. The zero-order valence-corrected chi connectivity index (χ0v) is 8.17. The van der Waals surface area contributed by atoms with Gasteiger partial charge in [-0.25, -0.2) is 4.79 Å². The van der Waals surface area contributed by atoms with Gasteiger partial charge in [-0.2, -0.15) is 0 Å². The van der Waals surface area contributed by atoms with Crippen LogP contribution < -0.4 is 0 Å². The molecule has 0 aliphatic rings. The van der Waals surface area contributed by atoms with Gasteiger partial charge in [-0.3, -0.25) is 0 Å². The number of esters is 1. The van der Waals surface area contributed by atoms with E-state index in [-0.39, 0.29) is 5.57 Å². The molecule has 0 heterocycles. The Hall–Kier alpha value is -2.26. The molecule has 0 amide bonds. The molecular formula is C10H9N3O2. The van der Waals surface area contributed by atoms with Crippen LogP contribution in [-0.4, -0.2) is 13.1 Å². The van der Waals surface area contributed by atoms with Gasteiger partial charge in [-0.15, -0.1) is 0 Å². The number of ether oxygens (including phenoxy) is 1. The maximum atomic E-state index is 11.2. The smallest absolute Gasteiger partial charge is 0.337 e. The van der Waals surface area contributed by atoms with Crippen LogP contribution in [0.4, 0.5) is 5.69 Å². The second kappa shape index (κ2) is 4.83. The summed E-state index contributed by atoms with van der Waals surface area (Å²) in [5, 5.41) is 3.46. The van der Waals surface area contributed by atoms with Crippen LogP contribution in [0.25, 0.3) is 16.0 Å². The molecule has 76 valence electrons. The van der Waals surface area contributed by atoms with Crippen LogP contribution >= 0.6 is 0 Å². The van der Waals surface area contributed by atoms with Gasteiger partial charge in [0, 0.05) is 10.6 Å². The Morgan fingerprint density at radius 3 is 2.80 bits per heavy atom. The quantitative estimate of drug-likeness (QED) is 0.249. The highest BCUT2D eigenvalue weighted by molar-refractivity contribution is 6.17. The minimum absolute atomic E-state index is 0.167. The summed E-state index contributed by atoms with van der Waals surface area (Å²) in [6, 6.07) is 6.67. The molecule has 0 radical (unpaired) electrons. The lowest BCUT2D eigenvalue weighted by atomic mass is 10.1. The highest BCUT2D eigenvalue weighted by Crippen LogP contribution is 2.25. The van der Waals surface area contributed by atoms with Crippen molar-refractivity contribution < 1.29 is 9.53 Å². The van der Waals surface area contributed by atoms with Crippen LogP contribution in [-0.2, 0) is 9.53 Å². The molecule has 1 aromatic carbocycles. The van der Waals surface area contributed by atoms with Gasteiger partial charge in [-0.1, -0.05) is 36.0 Å². The predicted molar refractivity (Wildman–Crippen MR) is 56.3 cm³/mol. The minimum Gasteiger partial charge on any atom is -0.465 e. The van der Waals surface area contributed by atoms with E-state index in [0.717, 1.165) is 0 Å². The van der Waals surface area contributed by atoms with Gasteiger partial charge in [0.1, 0.15) is 0 Å². The van der Waals surface area contributed by atoms with Crippen LogP contribution in [0.2, 0.25) is 0 Å². The lowest BCUT2D eigenvalue weighted by molar-refractivity contribution is -0.133. The Labute approximate surface area is 86.6 Å². The summed E-state index contributed by atoms with van der Waals surface area (Å²) >= 11 is 0. The largest absolute Gasteiger partial charge is 0.465 e. The lowest BCUT2D eigenvalue weighted by Gasteiger charge is -2.05. The number of rotatable bonds is 3. The average molecular weight is 203 g/mol. The second-order valence-corrected chi connectivity index (χ2v) is 2.68. The summed E-state index contributed by atoms with van der Waals surface area (Å²) < 4.78 is 4.53. The van der Waals surface area contributed by atoms with Crippen LogP contribution in [0.15, 0.2) is 36.0 Å². The van der Waals surface area contributed by atoms with E-state index in [4.69, 9.17) is 5.53 Å². The number of carbonyl (C=O) groups is 1. The Kier molecular flexibility index (Phi) is 3.49. The van der Waals surface area contributed by atoms with Gasteiger partial charge in [0.25, 0.3) is 0 Å². The van der Waals surface area contributed by atoms with Crippen LogP contribution in [0.1, 0.15) is 5.56 Å². The van der Waals surface area contributed by atoms with Gasteiger partial charge in [0.2, 0.25) is 0 Å². The third-order valence-corrected chi connectivity index (χ3v) is 1.81. The first-order valence-electron chi connectivity index (χ1n) is 4.12. The fraction of sp³-hybridized carbons (Fsp3) is 0.100. The van der Waals surface area contributed by atoms with E-state index < -0.39 is 5.97 Å². The van der Waals surface area contributed by atoms with Crippen molar-refractivity contribution in [2.24, 2.45) is 5.11 Å². The highest BCUT2D eigenvalue weighted by Gasteiger charge is 2.11. The van der Waals surface area contributed by atoms with Crippen LogP contribution in [0.3, 0.4) is 0 Å². The molecule has 5 nitrogen and oxygen atoms in total. The molecule has 5 heteroatoms. The molecule has 0 aromatic heterocycles. The van der Waals surface area contributed by atoms with Crippen molar-refractivity contribution in [3.63, 3.8) is 0 Å². The molecular weight excluding hydrogens is 194 g/mol. The molecule has 15 heavy (non-hydrogen) atoms. The summed E-state index contributed by atoms with van der Waals surface area (Å²) in [7, 11) is 1.27. The Morgan fingerprint density at radius 2 is 2.20 bits per heavy atom. The first kappa shape index (κ1) is 10.8. The average Bonchev–Trinajstić information content (AvgIpc) is 2.28. The molecule has 0 saturated heterocycles. The number of benzene rings is 1. The van der Waals surface area contributed by atoms with Crippen molar-refractivity contribution in [2.75, 3.05) is 7.11 Å². The van der Waals surface area contributed by atoms with Gasteiger partial charge < -0.3 is 4.74 Å². The van der Waals surface area contributed by atoms with Gasteiger partial charge in [0.05, 0.1) is 12.7 Å². The molecule has 0 saturated carbocycles. The Morgan fingerprint density at radius 1 is 1.53 bits per heavy atom. The summed E-state index contributed by atoms with van der Waals surface area (Å²) in [5.41, 5.74) is 9.33. The molecule has 0 atom stereocenters. The number of nitrogens with zero attached hydrogens (tertiary/aromatic N) is 3. The third-order valence-electron chi connectivity index (χ3n) is 1.81. The maximum Gasteiger partial charge on any atom is 0.337 e. The molecule has 0 aliphatic carbocycles. The normalized spacial score (nSPS) is 8.87. The van der Waals surface area contributed by atoms with E-state index in [0.29, 0.717) is 11.3 Å². The summed E-state index contributed by atoms with van der Waals surface area (Å²) in [6.07, 6.45) is 0. The standard InChI is InChI=1S/C10H9N3O2/c1-7(10(14)15-2)8-5-3-4-6-9(8)12-13-11/h3-6H,1H2,2H3. The van der Waals surface area contributed by atoms with E-state index >= 15 is 0 Å². The number of hydrogen-bond acceptors (Lipinski definition) is 3. The fourth-order valence-corrected chi connectivity index (χ4v) is 1.10. The molecule has 0 N–H and O–H groups in total. The van der Waals surface area contributed by atoms with Crippen molar-refractivity contribution in [1.82, 2.24) is 0 Å². The van der Waals surface area contributed by atoms with Crippen LogP contribution in [0, 0.1) is 0 Å². The van der Waals surface area contributed by atoms with Crippen LogP contribution in [0.5, 0.6) is 0 Å². The first-order valence-corrected chi connectivity index (χ1v) is 4.12. The zero-order valence-electron chi connectivity index (χ0n) is 8.17. The minimum atomic E-state index is -0.546. The highest BCUT2D eigenvalue weighted by atomic mass is 16.5. The van der Waals surface area contributed by atoms with Gasteiger partial charge in [-0.05, 0) is 11.1 Å². The van der Waals surface area contributed by atoms with Crippen molar-refractivity contribution in [3.05, 3.63) is 46.9 Å². The fourth-order valence-electron chi connectivity index (χ4n) is 1.10. The summed E-state index contributed by atoms with van der Waals surface area (Å²) in [4.78, 5) is 13.9. The lowest BCUT2D eigenvalue weighted by Crippen LogP contribution is -2.02. The Bertz CT molecular complexity index is 448. The molecule has 1 rings (SSSR count). The number of hydrogen-bond donors (Lipinski definition) is 0. The Balaban J connectivity index is 3.19. The molecule has 0 unspecified atom stereocenters. The van der Waals surface area contributed by atoms with E-state index in [2.05, 4.69) is 21.3 Å². The molecule has 0 bridgehead atoms.